The Morgan fingerprint density at radius 1 is 1.19 bits per heavy atom. The fourth-order valence-corrected chi connectivity index (χ4v) is 7.52. The Morgan fingerprint density at radius 2 is 1.86 bits per heavy atom. The van der Waals surface area contributed by atoms with Gasteiger partial charge in [-0.1, -0.05) is 32.0 Å². The average Bonchev–Trinajstić information content (AvgIpc) is 3.12. The monoisotopic (exact) mass is 521 g/mol. The van der Waals surface area contributed by atoms with E-state index < -0.39 is 46.4 Å². The fraction of sp³-hybridized carbons (Fsp3) is 0.731. The predicted molar refractivity (Wildman–Crippen MR) is 136 cm³/mol. The highest BCUT2D eigenvalue weighted by Gasteiger charge is 2.68. The van der Waals surface area contributed by atoms with E-state index in [0.717, 1.165) is 12.8 Å². The van der Waals surface area contributed by atoms with Crippen molar-refractivity contribution in [1.82, 2.24) is 4.72 Å². The first-order valence-electron chi connectivity index (χ1n) is 12.9. The lowest BCUT2D eigenvalue weighted by Crippen LogP contribution is -2.65. The number of hydrogen-bond donors (Lipinski definition) is 2. The second-order valence-electron chi connectivity index (χ2n) is 12.4. The van der Waals surface area contributed by atoms with E-state index in [4.69, 9.17) is 14.0 Å². The van der Waals surface area contributed by atoms with E-state index in [0.29, 0.717) is 11.8 Å². The third-order valence-electron chi connectivity index (χ3n) is 8.29. The number of benzene rings is 1. The zero-order valence-corrected chi connectivity index (χ0v) is 23.0. The van der Waals surface area contributed by atoms with E-state index in [1.807, 2.05) is 0 Å². The summed E-state index contributed by atoms with van der Waals surface area (Å²) in [6, 6.07) is 8.16. The van der Waals surface area contributed by atoms with Crippen molar-refractivity contribution in [3.05, 3.63) is 30.3 Å². The molecule has 4 aliphatic rings. The normalized spacial score (nSPS) is 30.8. The molecule has 0 unspecified atom stereocenters. The third kappa shape index (κ3) is 5.53. The molecule has 0 spiro atoms. The van der Waals surface area contributed by atoms with Crippen molar-refractivity contribution in [2.24, 2.45) is 17.3 Å². The van der Waals surface area contributed by atoms with Gasteiger partial charge in [-0.25, -0.2) is 13.1 Å². The van der Waals surface area contributed by atoms with E-state index >= 15 is 0 Å². The van der Waals surface area contributed by atoms with Gasteiger partial charge in [0, 0.05) is 0 Å². The van der Waals surface area contributed by atoms with Gasteiger partial charge >= 0.3 is 13.1 Å². The van der Waals surface area contributed by atoms with Crippen molar-refractivity contribution < 1.29 is 32.4 Å². The first kappa shape index (κ1) is 27.6. The van der Waals surface area contributed by atoms with E-state index in [9.17, 15) is 18.3 Å². The first-order chi connectivity index (χ1) is 16.6. The zero-order valence-electron chi connectivity index (χ0n) is 22.2. The Morgan fingerprint density at radius 3 is 2.47 bits per heavy atom. The van der Waals surface area contributed by atoms with E-state index in [2.05, 4.69) is 25.5 Å². The SMILES string of the molecule is CC(C)(C)OC(=O)C[C@@H](O)CC[C@H](NS(=O)(=O)c1ccccc1)B1O[C@@H]2C[C@@H]3C[C@@H](C3(C)C)[C@]2(C)O1. The maximum Gasteiger partial charge on any atom is 0.477 e. The molecule has 2 N–H and O–H groups in total. The highest BCUT2D eigenvalue weighted by Crippen LogP contribution is 2.65. The Bertz CT molecular complexity index is 1060. The van der Waals surface area contributed by atoms with Crippen LogP contribution in [0.4, 0.5) is 0 Å². The summed E-state index contributed by atoms with van der Waals surface area (Å²) in [6.45, 7) is 11.9. The summed E-state index contributed by atoms with van der Waals surface area (Å²) in [5, 5.41) is 10.5. The van der Waals surface area contributed by atoms with Crippen molar-refractivity contribution in [2.45, 2.75) is 108 Å². The van der Waals surface area contributed by atoms with Gasteiger partial charge in [0.15, 0.2) is 0 Å². The summed E-state index contributed by atoms with van der Waals surface area (Å²) < 4.78 is 47.4. The lowest BCUT2D eigenvalue weighted by molar-refractivity contribution is -0.199. The fourth-order valence-electron chi connectivity index (χ4n) is 6.24. The van der Waals surface area contributed by atoms with Crippen LogP contribution in [0.25, 0.3) is 0 Å². The maximum atomic E-state index is 13.2. The Balaban J connectivity index is 1.48. The van der Waals surface area contributed by atoms with Crippen LogP contribution in [0, 0.1) is 17.3 Å². The molecule has 1 saturated heterocycles. The topological polar surface area (TPSA) is 111 Å². The summed E-state index contributed by atoms with van der Waals surface area (Å²) in [5.41, 5.74) is -0.975. The minimum Gasteiger partial charge on any atom is -0.460 e. The summed E-state index contributed by atoms with van der Waals surface area (Å²) >= 11 is 0. The molecule has 1 heterocycles. The Hall–Kier alpha value is -1.46. The molecular formula is C26H40BNO7S. The lowest BCUT2D eigenvalue weighted by atomic mass is 9.43. The number of ether oxygens (including phenoxy) is 1. The second kappa shape index (κ2) is 9.69. The Labute approximate surface area is 215 Å². The zero-order chi connectivity index (χ0) is 26.5. The molecule has 0 aromatic heterocycles. The number of carbonyl (C=O) groups is 1. The number of hydrogen-bond acceptors (Lipinski definition) is 7. The molecule has 6 atom stereocenters. The molecule has 1 aromatic rings. The summed E-state index contributed by atoms with van der Waals surface area (Å²) in [5.74, 6) is -0.322. The van der Waals surface area contributed by atoms with Crippen LogP contribution in [0.2, 0.25) is 0 Å². The molecule has 36 heavy (non-hydrogen) atoms. The third-order valence-corrected chi connectivity index (χ3v) is 9.80. The van der Waals surface area contributed by atoms with Gasteiger partial charge in [0.05, 0.1) is 35.1 Å². The molecule has 10 heteroatoms. The summed E-state index contributed by atoms with van der Waals surface area (Å²) in [7, 11) is -4.64. The van der Waals surface area contributed by atoms with E-state index in [1.165, 1.54) is 12.1 Å². The van der Waals surface area contributed by atoms with Crippen LogP contribution in [0.5, 0.6) is 0 Å². The molecule has 5 rings (SSSR count). The van der Waals surface area contributed by atoms with Crippen LogP contribution in [0.1, 0.15) is 73.6 Å². The quantitative estimate of drug-likeness (QED) is 0.378. The number of esters is 1. The molecule has 2 bridgehead atoms. The van der Waals surface area contributed by atoms with Crippen molar-refractivity contribution in [3.8, 4) is 0 Å². The second-order valence-corrected chi connectivity index (χ2v) is 14.1. The van der Waals surface area contributed by atoms with Gasteiger partial charge in [-0.05, 0) is 82.8 Å². The molecule has 1 aromatic carbocycles. The summed E-state index contributed by atoms with van der Waals surface area (Å²) in [6.07, 6.45) is 1.15. The number of aliphatic hydroxyl groups excluding tert-OH is 1. The van der Waals surface area contributed by atoms with Gasteiger partial charge in [0.2, 0.25) is 10.0 Å². The standard InChI is InChI=1S/C26H40BNO7S/c1-24(2,3)33-23(30)16-18(29)12-13-22(28-36(31,32)19-10-8-7-9-11-19)27-34-21-15-17-14-20(25(17,4)5)26(21,6)35-27/h7-11,17-18,20-22,28-29H,12-16H2,1-6H3/t17-,18-,20-,21+,22-,26-/m0/s1. The number of sulfonamides is 1. The van der Waals surface area contributed by atoms with Crippen LogP contribution < -0.4 is 4.72 Å². The van der Waals surface area contributed by atoms with Crippen molar-refractivity contribution in [3.63, 3.8) is 0 Å². The van der Waals surface area contributed by atoms with Gasteiger partial charge in [0.1, 0.15) is 5.60 Å². The van der Waals surface area contributed by atoms with Crippen LogP contribution in [-0.4, -0.2) is 56.0 Å². The van der Waals surface area contributed by atoms with Gasteiger partial charge in [0.25, 0.3) is 0 Å². The highest BCUT2D eigenvalue weighted by molar-refractivity contribution is 7.89. The van der Waals surface area contributed by atoms with Crippen molar-refractivity contribution in [2.75, 3.05) is 0 Å². The molecule has 3 saturated carbocycles. The van der Waals surface area contributed by atoms with Crippen molar-refractivity contribution >= 4 is 23.1 Å². The van der Waals surface area contributed by atoms with Crippen LogP contribution >= 0.6 is 0 Å². The van der Waals surface area contributed by atoms with Gasteiger partial charge in [-0.15, -0.1) is 0 Å². The van der Waals surface area contributed by atoms with Crippen LogP contribution in [0.3, 0.4) is 0 Å². The molecule has 8 nitrogen and oxygen atoms in total. The average molecular weight is 521 g/mol. The Kier molecular flexibility index (Phi) is 7.42. The number of rotatable bonds is 9. The number of aliphatic hydroxyl groups is 1. The minimum absolute atomic E-state index is 0.102. The molecule has 1 aliphatic heterocycles. The smallest absolute Gasteiger partial charge is 0.460 e. The minimum atomic E-state index is -3.85. The highest BCUT2D eigenvalue weighted by atomic mass is 32.2. The lowest BCUT2D eigenvalue weighted by Gasteiger charge is -2.64. The van der Waals surface area contributed by atoms with Crippen molar-refractivity contribution in [1.29, 1.82) is 0 Å². The largest absolute Gasteiger partial charge is 0.477 e. The molecule has 0 amide bonds. The van der Waals surface area contributed by atoms with E-state index in [1.54, 1.807) is 39.0 Å². The first-order valence-corrected chi connectivity index (χ1v) is 14.4. The number of carbonyl (C=O) groups excluding carboxylic acids is 1. The van der Waals surface area contributed by atoms with Gasteiger partial charge in [-0.3, -0.25) is 4.79 Å². The van der Waals surface area contributed by atoms with Crippen LogP contribution in [-0.2, 0) is 28.9 Å². The van der Waals surface area contributed by atoms with E-state index in [-0.39, 0.29) is 35.7 Å². The summed E-state index contributed by atoms with van der Waals surface area (Å²) in [4.78, 5) is 12.3. The van der Waals surface area contributed by atoms with Gasteiger partial charge < -0.3 is 19.2 Å². The van der Waals surface area contributed by atoms with Crippen LogP contribution in [0.15, 0.2) is 35.2 Å². The maximum absolute atomic E-state index is 13.2. The molecule has 3 aliphatic carbocycles. The molecular weight excluding hydrogens is 481 g/mol. The van der Waals surface area contributed by atoms with Gasteiger partial charge in [-0.2, -0.15) is 0 Å². The predicted octanol–water partition coefficient (Wildman–Crippen LogP) is 3.47. The number of nitrogens with one attached hydrogen (secondary N) is 1. The molecule has 0 radical (unpaired) electrons. The molecule has 200 valence electrons. The molecule has 4 fully saturated rings.